The molecule has 0 N–H and O–H groups in total. The molecule has 1 aliphatic heterocycles. The van der Waals surface area contributed by atoms with Crippen LogP contribution in [0.25, 0.3) is 0 Å². The van der Waals surface area contributed by atoms with E-state index in [-0.39, 0.29) is 18.7 Å². The molecule has 1 fully saturated rings. The van der Waals surface area contributed by atoms with Gasteiger partial charge in [0, 0.05) is 34.0 Å². The molecule has 2 rings (SSSR count). The lowest BCUT2D eigenvalue weighted by molar-refractivity contribution is -0.274. The van der Waals surface area contributed by atoms with Crippen LogP contribution < -0.4 is 9.64 Å². The van der Waals surface area contributed by atoms with Gasteiger partial charge in [-0.3, -0.25) is 4.79 Å². The minimum Gasteiger partial charge on any atom is -0.404 e. The lowest BCUT2D eigenvalue weighted by Crippen LogP contribution is -2.27. The van der Waals surface area contributed by atoms with Gasteiger partial charge in [0.25, 0.3) is 0 Å². The molecular formula is C12H10BrClF3NO4S. The number of carbonyl (C=O) groups is 1. The van der Waals surface area contributed by atoms with Gasteiger partial charge in [-0.05, 0) is 18.2 Å². The highest BCUT2D eigenvalue weighted by Gasteiger charge is 2.37. The Morgan fingerprint density at radius 1 is 1.39 bits per heavy atom. The Morgan fingerprint density at radius 3 is 2.61 bits per heavy atom. The fraction of sp³-hybridized carbons (Fsp3) is 0.417. The highest BCUT2D eigenvalue weighted by Crippen LogP contribution is 2.38. The smallest absolute Gasteiger partial charge is 0.404 e. The first-order valence-electron chi connectivity index (χ1n) is 6.22. The summed E-state index contributed by atoms with van der Waals surface area (Å²) in [4.78, 5) is 13.1. The average Bonchev–Trinajstić information content (AvgIpc) is 2.68. The highest BCUT2D eigenvalue weighted by molar-refractivity contribution is 9.10. The predicted molar refractivity (Wildman–Crippen MR) is 80.9 cm³/mol. The van der Waals surface area contributed by atoms with Crippen molar-refractivity contribution in [2.24, 2.45) is 5.92 Å². The van der Waals surface area contributed by atoms with E-state index in [2.05, 4.69) is 20.7 Å². The van der Waals surface area contributed by atoms with Crippen LogP contribution in [0.4, 0.5) is 18.9 Å². The van der Waals surface area contributed by atoms with Crippen LogP contribution in [-0.4, -0.2) is 33.0 Å². The van der Waals surface area contributed by atoms with E-state index < -0.39 is 38.7 Å². The number of carbonyl (C=O) groups excluding carboxylic acids is 1. The van der Waals surface area contributed by atoms with Gasteiger partial charge in [-0.15, -0.1) is 13.2 Å². The van der Waals surface area contributed by atoms with E-state index in [1.807, 2.05) is 0 Å². The Hall–Kier alpha value is -1.00. The standard InChI is InChI=1S/C12H10BrClF3NO4S/c13-8-1-2-10(22-12(15,16)17)9(4-8)18-5-7(3-11(18)19)6-23(14,20)21/h1-2,4,7H,3,5-6H2. The molecule has 1 amide bonds. The molecule has 1 aromatic rings. The van der Waals surface area contributed by atoms with Crippen molar-refractivity contribution in [2.45, 2.75) is 12.8 Å². The zero-order valence-electron chi connectivity index (χ0n) is 11.3. The fourth-order valence-corrected chi connectivity index (χ4v) is 3.99. The number of ether oxygens (including phenoxy) is 1. The molecule has 1 heterocycles. The van der Waals surface area contributed by atoms with Crippen molar-refractivity contribution in [3.63, 3.8) is 0 Å². The molecule has 1 saturated heterocycles. The fourth-order valence-electron chi connectivity index (χ4n) is 2.32. The summed E-state index contributed by atoms with van der Waals surface area (Å²) in [6.45, 7) is -0.0601. The third-order valence-electron chi connectivity index (χ3n) is 3.08. The molecule has 0 saturated carbocycles. The number of alkyl halides is 3. The highest BCUT2D eigenvalue weighted by atomic mass is 79.9. The first-order chi connectivity index (χ1) is 10.4. The van der Waals surface area contributed by atoms with Gasteiger partial charge in [0.15, 0.2) is 5.75 Å². The van der Waals surface area contributed by atoms with Crippen LogP contribution in [0.5, 0.6) is 5.75 Å². The molecule has 23 heavy (non-hydrogen) atoms. The molecule has 128 valence electrons. The zero-order chi connectivity index (χ0) is 17.4. The third kappa shape index (κ3) is 5.25. The van der Waals surface area contributed by atoms with Crippen LogP contribution in [0.3, 0.4) is 0 Å². The number of hydrogen-bond donors (Lipinski definition) is 0. The summed E-state index contributed by atoms with van der Waals surface area (Å²) in [6.07, 6.45) is -5.03. The number of rotatable bonds is 4. The molecule has 0 bridgehead atoms. The van der Waals surface area contributed by atoms with Gasteiger partial charge in [0.1, 0.15) is 0 Å². The summed E-state index contributed by atoms with van der Waals surface area (Å²) in [5.41, 5.74) is -0.0869. The van der Waals surface area contributed by atoms with E-state index in [4.69, 9.17) is 10.7 Å². The van der Waals surface area contributed by atoms with Crippen molar-refractivity contribution in [3.05, 3.63) is 22.7 Å². The van der Waals surface area contributed by atoms with Gasteiger partial charge in [0.05, 0.1) is 11.4 Å². The summed E-state index contributed by atoms with van der Waals surface area (Å²) >= 11 is 3.12. The van der Waals surface area contributed by atoms with Crippen LogP contribution in [0.15, 0.2) is 22.7 Å². The summed E-state index contributed by atoms with van der Waals surface area (Å²) in [5, 5.41) is 0. The number of benzene rings is 1. The Morgan fingerprint density at radius 2 is 2.04 bits per heavy atom. The first-order valence-corrected chi connectivity index (χ1v) is 9.50. The number of amides is 1. The van der Waals surface area contributed by atoms with E-state index in [1.54, 1.807) is 0 Å². The second-order valence-corrected chi connectivity index (χ2v) is 8.68. The van der Waals surface area contributed by atoms with Crippen molar-refractivity contribution in [1.29, 1.82) is 0 Å². The Balaban J connectivity index is 2.30. The van der Waals surface area contributed by atoms with Gasteiger partial charge in [-0.25, -0.2) is 8.42 Å². The molecule has 0 radical (unpaired) electrons. The van der Waals surface area contributed by atoms with E-state index in [1.165, 1.54) is 12.1 Å². The third-order valence-corrected chi connectivity index (χ3v) is 4.82. The largest absolute Gasteiger partial charge is 0.573 e. The van der Waals surface area contributed by atoms with Crippen LogP contribution in [0, 0.1) is 5.92 Å². The summed E-state index contributed by atoms with van der Waals surface area (Å²) in [5.74, 6) is -2.06. The topological polar surface area (TPSA) is 63.7 Å². The van der Waals surface area contributed by atoms with E-state index >= 15 is 0 Å². The minimum absolute atomic E-state index is 0.0601. The number of halogens is 5. The SMILES string of the molecule is O=C1CC(CS(=O)(=O)Cl)CN1c1cc(Br)ccc1OC(F)(F)F. The first kappa shape index (κ1) is 18.3. The molecule has 1 aliphatic rings. The molecule has 11 heteroatoms. The molecule has 0 aromatic heterocycles. The number of hydrogen-bond acceptors (Lipinski definition) is 4. The van der Waals surface area contributed by atoms with Gasteiger partial charge in [-0.1, -0.05) is 15.9 Å². The van der Waals surface area contributed by atoms with Crippen LogP contribution in [0.1, 0.15) is 6.42 Å². The molecule has 1 aromatic carbocycles. The van der Waals surface area contributed by atoms with Gasteiger partial charge >= 0.3 is 6.36 Å². The van der Waals surface area contributed by atoms with Crippen molar-refractivity contribution >= 4 is 47.3 Å². The monoisotopic (exact) mass is 435 g/mol. The van der Waals surface area contributed by atoms with Crippen molar-refractivity contribution < 1.29 is 31.1 Å². The molecule has 1 atom stereocenters. The predicted octanol–water partition coefficient (Wildman–Crippen LogP) is 3.27. The van der Waals surface area contributed by atoms with Gasteiger partial charge in [-0.2, -0.15) is 0 Å². The summed E-state index contributed by atoms with van der Waals surface area (Å²) in [6, 6.07) is 3.72. The Labute approximate surface area is 142 Å². The Kier molecular flexibility index (Phi) is 5.17. The van der Waals surface area contributed by atoms with Crippen LogP contribution in [-0.2, 0) is 13.8 Å². The molecule has 5 nitrogen and oxygen atoms in total. The van der Waals surface area contributed by atoms with Crippen LogP contribution in [0.2, 0.25) is 0 Å². The summed E-state index contributed by atoms with van der Waals surface area (Å²) < 4.78 is 64.0. The van der Waals surface area contributed by atoms with Crippen molar-refractivity contribution in [1.82, 2.24) is 0 Å². The quantitative estimate of drug-likeness (QED) is 0.680. The van der Waals surface area contributed by atoms with Gasteiger partial charge < -0.3 is 9.64 Å². The normalized spacial score (nSPS) is 19.3. The van der Waals surface area contributed by atoms with Crippen molar-refractivity contribution in [3.8, 4) is 5.75 Å². The summed E-state index contributed by atoms with van der Waals surface area (Å²) in [7, 11) is 1.35. The van der Waals surface area contributed by atoms with E-state index in [9.17, 15) is 26.4 Å². The maximum atomic E-state index is 12.5. The number of nitrogens with zero attached hydrogens (tertiary/aromatic N) is 1. The lowest BCUT2D eigenvalue weighted by Gasteiger charge is -2.21. The number of anilines is 1. The second kappa shape index (κ2) is 6.48. The van der Waals surface area contributed by atoms with Crippen molar-refractivity contribution in [2.75, 3.05) is 17.2 Å². The van der Waals surface area contributed by atoms with Crippen LogP contribution >= 0.6 is 26.6 Å². The Bertz CT molecular complexity index is 726. The lowest BCUT2D eigenvalue weighted by atomic mass is 10.1. The second-order valence-electron chi connectivity index (χ2n) is 4.94. The maximum absolute atomic E-state index is 12.5. The minimum atomic E-state index is -4.91. The van der Waals surface area contributed by atoms with E-state index in [0.717, 1.165) is 11.0 Å². The zero-order valence-corrected chi connectivity index (χ0v) is 14.5. The molecular weight excluding hydrogens is 427 g/mol. The molecule has 1 unspecified atom stereocenters. The van der Waals surface area contributed by atoms with Gasteiger partial charge in [0.2, 0.25) is 15.0 Å². The molecule has 0 aliphatic carbocycles. The maximum Gasteiger partial charge on any atom is 0.573 e. The van der Waals surface area contributed by atoms with E-state index in [0.29, 0.717) is 4.47 Å². The average molecular weight is 437 g/mol. The molecule has 0 spiro atoms.